The Morgan fingerprint density at radius 3 is 2.77 bits per heavy atom. The second kappa shape index (κ2) is 9.89. The summed E-state index contributed by atoms with van der Waals surface area (Å²) in [4.78, 5) is 4.57. The number of hydrogen-bond donors (Lipinski definition) is 1. The van der Waals surface area contributed by atoms with Crippen molar-refractivity contribution in [3.8, 4) is 17.0 Å². The molecule has 4 aromatic rings. The van der Waals surface area contributed by atoms with E-state index < -0.39 is 0 Å². The highest BCUT2D eigenvalue weighted by molar-refractivity contribution is 9.10. The molecule has 7 heteroatoms. The zero-order valence-electron chi connectivity index (χ0n) is 15.8. The van der Waals surface area contributed by atoms with Crippen LogP contribution in [0.15, 0.2) is 87.8 Å². The van der Waals surface area contributed by atoms with Crippen LogP contribution in [0.1, 0.15) is 11.1 Å². The molecule has 4 rings (SSSR count). The first-order chi connectivity index (χ1) is 14.7. The Kier molecular flexibility index (Phi) is 6.79. The standard InChI is InChI=1S/C23H17BrClN3OS/c24-19-8-4-5-16(11-19)14-29-22-10-9-20(25)12-18(22)13-26-28-23-27-21(15-30-23)17-6-2-1-3-7-17/h1-13,15H,14H2,(H,27,28). The van der Waals surface area contributed by atoms with Crippen molar-refractivity contribution >= 4 is 50.2 Å². The highest BCUT2D eigenvalue weighted by atomic mass is 79.9. The van der Waals surface area contributed by atoms with Crippen LogP contribution in [-0.4, -0.2) is 11.2 Å². The summed E-state index contributed by atoms with van der Waals surface area (Å²) in [5.74, 6) is 0.703. The molecule has 1 N–H and O–H groups in total. The predicted octanol–water partition coefficient (Wildman–Crippen LogP) is 7.25. The summed E-state index contributed by atoms with van der Waals surface area (Å²) >= 11 is 11.1. The van der Waals surface area contributed by atoms with E-state index >= 15 is 0 Å². The van der Waals surface area contributed by atoms with Crippen LogP contribution < -0.4 is 10.2 Å². The molecule has 0 aliphatic heterocycles. The van der Waals surface area contributed by atoms with E-state index in [-0.39, 0.29) is 0 Å². The van der Waals surface area contributed by atoms with E-state index in [1.54, 1.807) is 12.3 Å². The van der Waals surface area contributed by atoms with Gasteiger partial charge < -0.3 is 4.74 Å². The van der Waals surface area contributed by atoms with Gasteiger partial charge in [0.05, 0.1) is 11.9 Å². The molecule has 0 fully saturated rings. The number of anilines is 1. The van der Waals surface area contributed by atoms with Gasteiger partial charge in [0.15, 0.2) is 0 Å². The van der Waals surface area contributed by atoms with Gasteiger partial charge in [-0.2, -0.15) is 5.10 Å². The van der Waals surface area contributed by atoms with E-state index in [0.29, 0.717) is 22.5 Å². The summed E-state index contributed by atoms with van der Waals surface area (Å²) in [5, 5.41) is 7.64. The van der Waals surface area contributed by atoms with E-state index in [0.717, 1.165) is 26.9 Å². The lowest BCUT2D eigenvalue weighted by Gasteiger charge is -2.10. The van der Waals surface area contributed by atoms with Crippen LogP contribution in [-0.2, 0) is 6.61 Å². The summed E-state index contributed by atoms with van der Waals surface area (Å²) in [7, 11) is 0. The minimum absolute atomic E-state index is 0.447. The fraction of sp³-hybridized carbons (Fsp3) is 0.0435. The molecule has 0 radical (unpaired) electrons. The molecule has 1 heterocycles. The summed E-state index contributed by atoms with van der Waals surface area (Å²) in [6.07, 6.45) is 1.69. The first-order valence-electron chi connectivity index (χ1n) is 9.14. The smallest absolute Gasteiger partial charge is 0.203 e. The highest BCUT2D eigenvalue weighted by Crippen LogP contribution is 2.25. The number of hydrazone groups is 1. The first-order valence-corrected chi connectivity index (χ1v) is 11.2. The van der Waals surface area contributed by atoms with E-state index in [9.17, 15) is 0 Å². The predicted molar refractivity (Wildman–Crippen MR) is 129 cm³/mol. The molecule has 30 heavy (non-hydrogen) atoms. The lowest BCUT2D eigenvalue weighted by atomic mass is 10.2. The monoisotopic (exact) mass is 497 g/mol. The Bertz CT molecular complexity index is 1160. The number of aromatic nitrogens is 1. The van der Waals surface area contributed by atoms with Gasteiger partial charge in [-0.3, -0.25) is 5.43 Å². The Labute approximate surface area is 192 Å². The molecule has 3 aromatic carbocycles. The molecule has 0 saturated heterocycles. The molecular weight excluding hydrogens is 482 g/mol. The molecule has 0 unspecified atom stereocenters. The molecule has 0 atom stereocenters. The molecule has 0 spiro atoms. The Hall–Kier alpha value is -2.67. The van der Waals surface area contributed by atoms with Crippen LogP contribution in [0.2, 0.25) is 5.02 Å². The minimum Gasteiger partial charge on any atom is -0.488 e. The molecule has 0 saturated carbocycles. The van der Waals surface area contributed by atoms with E-state index in [4.69, 9.17) is 16.3 Å². The lowest BCUT2D eigenvalue weighted by Crippen LogP contribution is -1.99. The third-order valence-electron chi connectivity index (χ3n) is 4.19. The maximum absolute atomic E-state index is 6.17. The Morgan fingerprint density at radius 2 is 1.93 bits per heavy atom. The number of halogens is 2. The molecular formula is C23H17BrClN3OS. The fourth-order valence-electron chi connectivity index (χ4n) is 2.76. The van der Waals surface area contributed by atoms with Crippen molar-refractivity contribution < 1.29 is 4.74 Å². The number of benzene rings is 3. The molecule has 0 aliphatic rings. The van der Waals surface area contributed by atoms with Crippen molar-refractivity contribution in [3.63, 3.8) is 0 Å². The average Bonchev–Trinajstić information content (AvgIpc) is 3.23. The van der Waals surface area contributed by atoms with E-state index in [1.807, 2.05) is 72.1 Å². The van der Waals surface area contributed by atoms with Crippen LogP contribution >= 0.6 is 38.9 Å². The van der Waals surface area contributed by atoms with E-state index in [2.05, 4.69) is 31.4 Å². The number of nitrogens with one attached hydrogen (secondary N) is 1. The van der Waals surface area contributed by atoms with Gasteiger partial charge in [-0.15, -0.1) is 11.3 Å². The van der Waals surface area contributed by atoms with Crippen LogP contribution in [0.5, 0.6) is 5.75 Å². The van der Waals surface area contributed by atoms with Crippen molar-refractivity contribution in [1.29, 1.82) is 0 Å². The van der Waals surface area contributed by atoms with E-state index in [1.165, 1.54) is 11.3 Å². The Morgan fingerprint density at radius 1 is 1.07 bits per heavy atom. The number of rotatable bonds is 7. The lowest BCUT2D eigenvalue weighted by molar-refractivity contribution is 0.306. The van der Waals surface area contributed by atoms with Gasteiger partial charge in [0.1, 0.15) is 12.4 Å². The van der Waals surface area contributed by atoms with Gasteiger partial charge in [-0.25, -0.2) is 4.98 Å². The van der Waals surface area contributed by atoms with Crippen molar-refractivity contribution in [3.05, 3.63) is 98.8 Å². The van der Waals surface area contributed by atoms with Gasteiger partial charge in [0, 0.05) is 26.0 Å². The average molecular weight is 499 g/mol. The van der Waals surface area contributed by atoms with Gasteiger partial charge in [0.25, 0.3) is 0 Å². The largest absolute Gasteiger partial charge is 0.488 e. The first kappa shape index (κ1) is 20.6. The third kappa shape index (κ3) is 5.48. The second-order valence-corrected chi connectivity index (χ2v) is 8.58. The van der Waals surface area contributed by atoms with Crippen LogP contribution in [0.3, 0.4) is 0 Å². The normalized spacial score (nSPS) is 11.0. The second-order valence-electron chi connectivity index (χ2n) is 6.37. The van der Waals surface area contributed by atoms with Gasteiger partial charge in [-0.05, 0) is 35.9 Å². The zero-order valence-corrected chi connectivity index (χ0v) is 18.9. The number of ether oxygens (including phenoxy) is 1. The molecule has 0 amide bonds. The SMILES string of the molecule is Clc1ccc(OCc2cccc(Br)c2)c(C=NNc2nc(-c3ccccc3)cs2)c1. The van der Waals surface area contributed by atoms with Gasteiger partial charge in [0.2, 0.25) is 5.13 Å². The van der Waals surface area contributed by atoms with Crippen LogP contribution in [0, 0.1) is 0 Å². The number of hydrogen-bond acceptors (Lipinski definition) is 5. The maximum Gasteiger partial charge on any atom is 0.203 e. The van der Waals surface area contributed by atoms with Gasteiger partial charge in [-0.1, -0.05) is 70.0 Å². The topological polar surface area (TPSA) is 46.5 Å². The van der Waals surface area contributed by atoms with Crippen molar-refractivity contribution in [2.75, 3.05) is 5.43 Å². The molecule has 150 valence electrons. The van der Waals surface area contributed by atoms with Crippen LogP contribution in [0.4, 0.5) is 5.13 Å². The molecule has 4 nitrogen and oxygen atoms in total. The summed E-state index contributed by atoms with van der Waals surface area (Å²) in [6.45, 7) is 0.447. The quantitative estimate of drug-likeness (QED) is 0.216. The Balaban J connectivity index is 1.44. The number of thiazole rings is 1. The van der Waals surface area contributed by atoms with Gasteiger partial charge >= 0.3 is 0 Å². The van der Waals surface area contributed by atoms with Crippen molar-refractivity contribution in [2.45, 2.75) is 6.61 Å². The molecule has 0 aliphatic carbocycles. The third-order valence-corrected chi connectivity index (χ3v) is 5.67. The molecule has 1 aromatic heterocycles. The molecule has 0 bridgehead atoms. The highest BCUT2D eigenvalue weighted by Gasteiger charge is 2.06. The fourth-order valence-corrected chi connectivity index (χ4v) is 4.06. The van der Waals surface area contributed by atoms with Crippen molar-refractivity contribution in [1.82, 2.24) is 4.98 Å². The summed E-state index contributed by atoms with van der Waals surface area (Å²) in [6, 6.07) is 23.5. The summed E-state index contributed by atoms with van der Waals surface area (Å²) in [5.41, 5.74) is 6.82. The zero-order chi connectivity index (χ0) is 20.8. The van der Waals surface area contributed by atoms with Crippen LogP contribution in [0.25, 0.3) is 11.3 Å². The van der Waals surface area contributed by atoms with Crippen molar-refractivity contribution in [2.24, 2.45) is 5.10 Å². The minimum atomic E-state index is 0.447. The number of nitrogens with zero attached hydrogens (tertiary/aromatic N) is 2. The maximum atomic E-state index is 6.17. The summed E-state index contributed by atoms with van der Waals surface area (Å²) < 4.78 is 7.00.